The van der Waals surface area contributed by atoms with Gasteiger partial charge in [-0.1, -0.05) is 18.5 Å². The predicted octanol–water partition coefficient (Wildman–Crippen LogP) is 2.95. The van der Waals surface area contributed by atoms with Crippen molar-refractivity contribution in [3.05, 3.63) is 33.2 Å². The smallest absolute Gasteiger partial charge is 0.150 e. The molecule has 0 fully saturated rings. The van der Waals surface area contributed by atoms with Gasteiger partial charge in [-0.15, -0.1) is 11.3 Å². The molecule has 0 amide bonds. The maximum atomic E-state index is 6.00. The molecule has 0 saturated carbocycles. The van der Waals surface area contributed by atoms with Crippen molar-refractivity contribution in [2.45, 2.75) is 19.9 Å². The third-order valence-electron chi connectivity index (χ3n) is 2.45. The number of aromatic nitrogens is 2. The van der Waals surface area contributed by atoms with E-state index in [1.54, 1.807) is 11.3 Å². The molecule has 2 rings (SSSR count). The number of nitrogen functional groups attached to an aromatic ring is 1. The summed E-state index contributed by atoms with van der Waals surface area (Å²) >= 11 is 7.72. The van der Waals surface area contributed by atoms with Crippen molar-refractivity contribution in [3.63, 3.8) is 0 Å². The molecular formula is C11H13ClN4S. The lowest BCUT2D eigenvalue weighted by Gasteiger charge is -2.08. The summed E-state index contributed by atoms with van der Waals surface area (Å²) in [5.74, 6) is 0.876. The Morgan fingerprint density at radius 2 is 2.29 bits per heavy atom. The van der Waals surface area contributed by atoms with Crippen LogP contribution in [0.3, 0.4) is 0 Å². The van der Waals surface area contributed by atoms with E-state index < -0.39 is 0 Å². The zero-order valence-corrected chi connectivity index (χ0v) is 11.0. The Labute approximate surface area is 109 Å². The van der Waals surface area contributed by atoms with Crippen LogP contribution in [0.5, 0.6) is 0 Å². The van der Waals surface area contributed by atoms with Gasteiger partial charge in [-0.2, -0.15) is 0 Å². The van der Waals surface area contributed by atoms with Gasteiger partial charge < -0.3 is 11.1 Å². The largest absolute Gasteiger partial charge is 0.382 e. The van der Waals surface area contributed by atoms with Gasteiger partial charge in [0.15, 0.2) is 5.82 Å². The number of nitrogens with zero attached hydrogens (tertiary/aromatic N) is 2. The summed E-state index contributed by atoms with van der Waals surface area (Å²) < 4.78 is 0. The first-order chi connectivity index (χ1) is 8.22. The number of thiophene rings is 1. The Hall–Kier alpha value is -1.33. The third kappa shape index (κ3) is 2.68. The Bertz CT molecular complexity index is 512. The van der Waals surface area contributed by atoms with Crippen LogP contribution in [0.2, 0.25) is 5.02 Å². The Balaban J connectivity index is 2.10. The highest BCUT2D eigenvalue weighted by atomic mass is 35.5. The molecule has 0 bridgehead atoms. The second-order valence-corrected chi connectivity index (χ2v) is 4.88. The molecule has 2 aromatic heterocycles. The van der Waals surface area contributed by atoms with Gasteiger partial charge in [0.25, 0.3) is 0 Å². The molecule has 4 nitrogen and oxygen atoms in total. The topological polar surface area (TPSA) is 63.8 Å². The van der Waals surface area contributed by atoms with E-state index in [0.717, 1.165) is 6.42 Å². The SMILES string of the molecule is CCc1ccsc1CNc1ncnc(N)c1Cl. The van der Waals surface area contributed by atoms with Crippen molar-refractivity contribution >= 4 is 34.6 Å². The van der Waals surface area contributed by atoms with Gasteiger partial charge >= 0.3 is 0 Å². The molecule has 0 aliphatic rings. The van der Waals surface area contributed by atoms with Gasteiger partial charge in [0.2, 0.25) is 0 Å². The summed E-state index contributed by atoms with van der Waals surface area (Å²) in [5, 5.41) is 5.64. The zero-order valence-electron chi connectivity index (χ0n) is 9.40. The number of rotatable bonds is 4. The lowest BCUT2D eigenvalue weighted by molar-refractivity contribution is 1.06. The van der Waals surface area contributed by atoms with Crippen LogP contribution in [0.15, 0.2) is 17.8 Å². The summed E-state index contributed by atoms with van der Waals surface area (Å²) in [5.41, 5.74) is 6.95. The summed E-state index contributed by atoms with van der Waals surface area (Å²) in [6.45, 7) is 2.85. The molecule has 0 aromatic carbocycles. The summed E-state index contributed by atoms with van der Waals surface area (Å²) in [7, 11) is 0. The van der Waals surface area contributed by atoms with Crippen LogP contribution >= 0.6 is 22.9 Å². The van der Waals surface area contributed by atoms with E-state index in [2.05, 4.69) is 33.7 Å². The van der Waals surface area contributed by atoms with E-state index >= 15 is 0 Å². The number of anilines is 2. The van der Waals surface area contributed by atoms with Crippen LogP contribution in [0.1, 0.15) is 17.4 Å². The van der Waals surface area contributed by atoms with Crippen molar-refractivity contribution in [3.8, 4) is 0 Å². The van der Waals surface area contributed by atoms with Crippen molar-refractivity contribution in [1.29, 1.82) is 0 Å². The monoisotopic (exact) mass is 268 g/mol. The fraction of sp³-hybridized carbons (Fsp3) is 0.273. The van der Waals surface area contributed by atoms with E-state index in [0.29, 0.717) is 23.2 Å². The van der Waals surface area contributed by atoms with Gasteiger partial charge in [-0.25, -0.2) is 9.97 Å². The summed E-state index contributed by atoms with van der Waals surface area (Å²) in [6.07, 6.45) is 2.43. The van der Waals surface area contributed by atoms with Crippen LogP contribution in [0, 0.1) is 0 Å². The summed E-state index contributed by atoms with van der Waals surface area (Å²) in [6, 6.07) is 2.14. The Morgan fingerprint density at radius 1 is 1.47 bits per heavy atom. The van der Waals surface area contributed by atoms with Gasteiger partial charge in [0.05, 0.1) is 6.54 Å². The first kappa shape index (κ1) is 12.1. The second kappa shape index (κ2) is 5.33. The lowest BCUT2D eigenvalue weighted by Crippen LogP contribution is -2.04. The standard InChI is InChI=1S/C11H13ClN4S/c1-2-7-3-4-17-8(7)5-14-11-9(12)10(13)15-6-16-11/h3-4,6H,2,5H2,1H3,(H3,13,14,15,16). The molecule has 0 atom stereocenters. The Kier molecular flexibility index (Phi) is 3.81. The molecular weight excluding hydrogens is 256 g/mol. The molecule has 0 aliphatic carbocycles. The first-order valence-corrected chi connectivity index (χ1v) is 6.53. The molecule has 6 heteroatoms. The Morgan fingerprint density at radius 3 is 3.06 bits per heavy atom. The predicted molar refractivity (Wildman–Crippen MR) is 72.5 cm³/mol. The molecule has 0 spiro atoms. The van der Waals surface area contributed by atoms with Crippen molar-refractivity contribution in [2.75, 3.05) is 11.1 Å². The third-order valence-corrected chi connectivity index (χ3v) is 3.79. The average molecular weight is 269 g/mol. The van der Waals surface area contributed by atoms with Gasteiger partial charge in [0, 0.05) is 4.88 Å². The maximum Gasteiger partial charge on any atom is 0.150 e. The minimum Gasteiger partial charge on any atom is -0.382 e. The van der Waals surface area contributed by atoms with Crippen LogP contribution < -0.4 is 11.1 Å². The normalized spacial score (nSPS) is 10.5. The molecule has 0 unspecified atom stereocenters. The molecule has 0 radical (unpaired) electrons. The number of hydrogen-bond donors (Lipinski definition) is 2. The lowest BCUT2D eigenvalue weighted by atomic mass is 10.2. The number of nitrogens with two attached hydrogens (primary N) is 1. The number of hydrogen-bond acceptors (Lipinski definition) is 5. The number of aryl methyl sites for hydroxylation is 1. The van der Waals surface area contributed by atoms with Gasteiger partial charge in [-0.05, 0) is 23.4 Å². The molecule has 2 heterocycles. The van der Waals surface area contributed by atoms with Crippen LogP contribution in [-0.4, -0.2) is 9.97 Å². The number of halogens is 1. The van der Waals surface area contributed by atoms with Gasteiger partial charge in [-0.3, -0.25) is 0 Å². The minimum absolute atomic E-state index is 0.297. The van der Waals surface area contributed by atoms with Crippen molar-refractivity contribution < 1.29 is 0 Å². The van der Waals surface area contributed by atoms with E-state index in [1.807, 2.05) is 0 Å². The van der Waals surface area contributed by atoms with Gasteiger partial charge in [0.1, 0.15) is 17.2 Å². The minimum atomic E-state index is 0.297. The fourth-order valence-electron chi connectivity index (χ4n) is 1.51. The summed E-state index contributed by atoms with van der Waals surface area (Å²) in [4.78, 5) is 9.17. The molecule has 0 saturated heterocycles. The molecule has 17 heavy (non-hydrogen) atoms. The molecule has 90 valence electrons. The van der Waals surface area contributed by atoms with Crippen molar-refractivity contribution in [2.24, 2.45) is 0 Å². The molecule has 0 aliphatic heterocycles. The zero-order chi connectivity index (χ0) is 12.3. The molecule has 3 N–H and O–H groups in total. The average Bonchev–Trinajstić information content (AvgIpc) is 2.78. The van der Waals surface area contributed by atoms with Crippen molar-refractivity contribution in [1.82, 2.24) is 9.97 Å². The highest BCUT2D eigenvalue weighted by Gasteiger charge is 2.07. The molecule has 2 aromatic rings. The van der Waals surface area contributed by atoms with Crippen LogP contribution in [-0.2, 0) is 13.0 Å². The van der Waals surface area contributed by atoms with E-state index in [4.69, 9.17) is 17.3 Å². The second-order valence-electron chi connectivity index (χ2n) is 3.50. The quantitative estimate of drug-likeness (QED) is 0.895. The first-order valence-electron chi connectivity index (χ1n) is 5.27. The van der Waals surface area contributed by atoms with E-state index in [-0.39, 0.29) is 0 Å². The van der Waals surface area contributed by atoms with E-state index in [9.17, 15) is 0 Å². The highest BCUT2D eigenvalue weighted by molar-refractivity contribution is 7.10. The van der Waals surface area contributed by atoms with E-state index in [1.165, 1.54) is 16.8 Å². The highest BCUT2D eigenvalue weighted by Crippen LogP contribution is 2.25. The fourth-order valence-corrected chi connectivity index (χ4v) is 2.59. The maximum absolute atomic E-state index is 6.00. The van der Waals surface area contributed by atoms with Crippen LogP contribution in [0.25, 0.3) is 0 Å². The number of nitrogens with one attached hydrogen (secondary N) is 1. The van der Waals surface area contributed by atoms with Crippen LogP contribution in [0.4, 0.5) is 11.6 Å².